The third-order valence-corrected chi connectivity index (χ3v) is 4.65. The lowest BCUT2D eigenvalue weighted by Gasteiger charge is -2.10. The van der Waals surface area contributed by atoms with E-state index in [1.165, 1.54) is 23.1 Å². The zero-order chi connectivity index (χ0) is 12.7. The van der Waals surface area contributed by atoms with Gasteiger partial charge in [0.1, 0.15) is 5.01 Å². The minimum atomic E-state index is -1.03. The van der Waals surface area contributed by atoms with Gasteiger partial charge in [-0.25, -0.2) is 9.78 Å². The van der Waals surface area contributed by atoms with Crippen LogP contribution < -0.4 is 5.32 Å². The number of nitrogens with zero attached hydrogens (tertiary/aromatic N) is 1. The van der Waals surface area contributed by atoms with Crippen molar-refractivity contribution >= 4 is 23.2 Å². The maximum Gasteiger partial charge on any atom is 0.355 e. The molecule has 1 aromatic rings. The van der Waals surface area contributed by atoms with Crippen LogP contribution in [-0.4, -0.2) is 22.0 Å². The Morgan fingerprint density at radius 2 is 2.11 bits per heavy atom. The molecule has 1 heterocycles. The summed E-state index contributed by atoms with van der Waals surface area (Å²) in [5.41, 5.74) is 0.0476. The summed E-state index contributed by atoms with van der Waals surface area (Å²) in [4.78, 5) is 26.5. The molecule has 2 N–H and O–H groups in total. The van der Waals surface area contributed by atoms with Crippen molar-refractivity contribution in [2.45, 2.75) is 25.8 Å². The lowest BCUT2D eigenvalue weighted by atomic mass is 10.0. The number of hydrogen-bond acceptors (Lipinski definition) is 4. The molecular formula is C12H14N2O3S. The Labute approximate surface area is 108 Å². The second kappa shape index (κ2) is 4.35. The van der Waals surface area contributed by atoms with Gasteiger partial charge in [0.25, 0.3) is 0 Å². The molecule has 2 atom stereocenters. The fourth-order valence-corrected chi connectivity index (χ4v) is 3.43. The maximum absolute atomic E-state index is 11.9. The molecule has 0 bridgehead atoms. The van der Waals surface area contributed by atoms with E-state index >= 15 is 0 Å². The first-order valence-corrected chi connectivity index (χ1v) is 6.97. The fourth-order valence-electron chi connectivity index (χ4n) is 2.73. The monoisotopic (exact) mass is 266 g/mol. The van der Waals surface area contributed by atoms with E-state index in [-0.39, 0.29) is 17.5 Å². The van der Waals surface area contributed by atoms with Gasteiger partial charge in [-0.2, -0.15) is 0 Å². The van der Waals surface area contributed by atoms with Crippen molar-refractivity contribution in [2.24, 2.45) is 17.8 Å². The van der Waals surface area contributed by atoms with Crippen LogP contribution in [0.4, 0.5) is 0 Å². The minimum absolute atomic E-state index is 0.0476. The number of nitrogens with one attached hydrogen (secondary N) is 1. The molecule has 2 saturated carbocycles. The van der Waals surface area contributed by atoms with E-state index in [0.717, 1.165) is 24.7 Å². The molecule has 2 unspecified atom stereocenters. The van der Waals surface area contributed by atoms with Crippen LogP contribution in [0.25, 0.3) is 0 Å². The lowest BCUT2D eigenvalue weighted by molar-refractivity contribution is -0.125. The number of carboxylic acids is 1. The predicted molar refractivity (Wildman–Crippen MR) is 65.2 cm³/mol. The van der Waals surface area contributed by atoms with Crippen LogP contribution in [0, 0.1) is 17.8 Å². The molecule has 2 aliphatic carbocycles. The molecule has 18 heavy (non-hydrogen) atoms. The molecule has 0 aliphatic heterocycles. The Morgan fingerprint density at radius 1 is 1.39 bits per heavy atom. The number of aromatic carboxylic acids is 1. The number of fused-ring (bicyclic) bond motifs is 1. The summed E-state index contributed by atoms with van der Waals surface area (Å²) in [7, 11) is 0. The summed E-state index contributed by atoms with van der Waals surface area (Å²) < 4.78 is 0. The van der Waals surface area contributed by atoms with E-state index in [0.29, 0.717) is 11.6 Å². The molecule has 0 saturated heterocycles. The number of rotatable bonds is 4. The Kier molecular flexibility index (Phi) is 2.81. The predicted octanol–water partition coefficient (Wildman–Crippen LogP) is 1.50. The van der Waals surface area contributed by atoms with Gasteiger partial charge in [0.15, 0.2) is 5.69 Å². The van der Waals surface area contributed by atoms with Crippen molar-refractivity contribution < 1.29 is 14.7 Å². The standard InChI is InChI=1S/C12H14N2O3S/c15-11(8-2-6-1-7(6)3-8)13-4-10-14-9(5-18-10)12(16)17/h5-8H,1-4H2,(H,13,15)(H,16,17). The number of amides is 1. The van der Waals surface area contributed by atoms with E-state index in [1.807, 2.05) is 0 Å². The van der Waals surface area contributed by atoms with Gasteiger partial charge < -0.3 is 10.4 Å². The van der Waals surface area contributed by atoms with Gasteiger partial charge in [-0.3, -0.25) is 4.79 Å². The average molecular weight is 266 g/mol. The van der Waals surface area contributed by atoms with E-state index in [2.05, 4.69) is 10.3 Å². The molecule has 1 aromatic heterocycles. The van der Waals surface area contributed by atoms with Crippen molar-refractivity contribution in [3.8, 4) is 0 Å². The van der Waals surface area contributed by atoms with Gasteiger partial charge in [-0.1, -0.05) is 0 Å². The molecule has 0 spiro atoms. The molecule has 5 nitrogen and oxygen atoms in total. The third kappa shape index (κ3) is 2.25. The Hall–Kier alpha value is -1.43. The Bertz CT molecular complexity index is 489. The second-order valence-corrected chi connectivity index (χ2v) is 6.02. The molecule has 0 radical (unpaired) electrons. The van der Waals surface area contributed by atoms with Gasteiger partial charge in [0.05, 0.1) is 6.54 Å². The van der Waals surface area contributed by atoms with E-state index in [4.69, 9.17) is 5.11 Å². The fraction of sp³-hybridized carbons (Fsp3) is 0.583. The summed E-state index contributed by atoms with van der Waals surface area (Å²) in [6, 6.07) is 0. The quantitative estimate of drug-likeness (QED) is 0.865. The third-order valence-electron chi connectivity index (χ3n) is 3.80. The summed E-state index contributed by atoms with van der Waals surface area (Å²) in [6.07, 6.45) is 3.35. The van der Waals surface area contributed by atoms with Crippen LogP contribution in [0.3, 0.4) is 0 Å². The number of carbonyl (C=O) groups excluding carboxylic acids is 1. The number of carbonyl (C=O) groups is 2. The molecule has 96 valence electrons. The van der Waals surface area contributed by atoms with Crippen molar-refractivity contribution in [2.75, 3.05) is 0 Å². The molecule has 2 aliphatic rings. The molecule has 6 heteroatoms. The largest absolute Gasteiger partial charge is 0.476 e. The first kappa shape index (κ1) is 11.6. The van der Waals surface area contributed by atoms with Crippen LogP contribution >= 0.6 is 11.3 Å². The average Bonchev–Trinajstić information content (AvgIpc) is 2.82. The van der Waals surface area contributed by atoms with Crippen LogP contribution in [0.5, 0.6) is 0 Å². The molecule has 2 fully saturated rings. The minimum Gasteiger partial charge on any atom is -0.476 e. The lowest BCUT2D eigenvalue weighted by Crippen LogP contribution is -2.29. The molecular weight excluding hydrogens is 252 g/mol. The molecule has 3 rings (SSSR count). The van der Waals surface area contributed by atoms with Crippen LogP contribution in [0.2, 0.25) is 0 Å². The summed E-state index contributed by atoms with van der Waals surface area (Å²) in [5.74, 6) is 0.806. The number of thiazole rings is 1. The summed E-state index contributed by atoms with van der Waals surface area (Å²) in [6.45, 7) is 0.336. The Morgan fingerprint density at radius 3 is 2.72 bits per heavy atom. The first-order valence-electron chi connectivity index (χ1n) is 6.09. The highest BCUT2D eigenvalue weighted by Crippen LogP contribution is 2.54. The normalized spacial score (nSPS) is 28.8. The smallest absolute Gasteiger partial charge is 0.355 e. The van der Waals surface area contributed by atoms with E-state index in [1.54, 1.807) is 0 Å². The van der Waals surface area contributed by atoms with Crippen molar-refractivity contribution in [3.05, 3.63) is 16.1 Å². The number of carboxylic acid groups (broad SMARTS) is 1. The van der Waals surface area contributed by atoms with Gasteiger partial charge in [0, 0.05) is 11.3 Å². The second-order valence-electron chi connectivity index (χ2n) is 5.07. The number of aromatic nitrogens is 1. The van der Waals surface area contributed by atoms with Gasteiger partial charge in [-0.15, -0.1) is 11.3 Å². The highest BCUT2D eigenvalue weighted by molar-refractivity contribution is 7.09. The van der Waals surface area contributed by atoms with Crippen molar-refractivity contribution in [3.63, 3.8) is 0 Å². The highest BCUT2D eigenvalue weighted by Gasteiger charge is 2.47. The van der Waals surface area contributed by atoms with Crippen LogP contribution in [0.1, 0.15) is 34.8 Å². The van der Waals surface area contributed by atoms with Crippen molar-refractivity contribution in [1.29, 1.82) is 0 Å². The zero-order valence-corrected chi connectivity index (χ0v) is 10.6. The molecule has 1 amide bonds. The van der Waals surface area contributed by atoms with Gasteiger partial charge in [-0.05, 0) is 31.1 Å². The maximum atomic E-state index is 11.9. The van der Waals surface area contributed by atoms with Gasteiger partial charge in [0.2, 0.25) is 5.91 Å². The van der Waals surface area contributed by atoms with Crippen LogP contribution in [0.15, 0.2) is 5.38 Å². The summed E-state index contributed by atoms with van der Waals surface area (Å²) in [5, 5.41) is 13.7. The van der Waals surface area contributed by atoms with Crippen molar-refractivity contribution in [1.82, 2.24) is 10.3 Å². The highest BCUT2D eigenvalue weighted by atomic mass is 32.1. The topological polar surface area (TPSA) is 79.3 Å². The van der Waals surface area contributed by atoms with Gasteiger partial charge >= 0.3 is 5.97 Å². The Balaban J connectivity index is 1.50. The number of hydrogen-bond donors (Lipinski definition) is 2. The summed E-state index contributed by atoms with van der Waals surface area (Å²) >= 11 is 1.27. The first-order chi connectivity index (χ1) is 8.63. The molecule has 0 aromatic carbocycles. The van der Waals surface area contributed by atoms with E-state index < -0.39 is 5.97 Å². The SMILES string of the molecule is O=C(O)c1csc(CNC(=O)C2CC3CC3C2)n1. The van der Waals surface area contributed by atoms with E-state index in [9.17, 15) is 9.59 Å². The van der Waals surface area contributed by atoms with Crippen LogP contribution in [-0.2, 0) is 11.3 Å². The zero-order valence-electron chi connectivity index (χ0n) is 9.76.